The second-order valence-electron chi connectivity index (χ2n) is 5.59. The molecule has 2 aromatic carbocycles. The van der Waals surface area contributed by atoms with Crippen LogP contribution >= 0.6 is 0 Å². The Balaban J connectivity index is 1.94. The van der Waals surface area contributed by atoms with Gasteiger partial charge < -0.3 is 19.9 Å². The van der Waals surface area contributed by atoms with Crippen LogP contribution in [0.5, 0.6) is 11.5 Å². The van der Waals surface area contributed by atoms with E-state index in [0.29, 0.717) is 11.5 Å². The number of amides is 1. The van der Waals surface area contributed by atoms with E-state index in [1.165, 1.54) is 7.11 Å². The van der Waals surface area contributed by atoms with Crippen molar-refractivity contribution in [1.29, 1.82) is 0 Å². The second kappa shape index (κ2) is 8.73. The van der Waals surface area contributed by atoms with Crippen molar-refractivity contribution in [2.45, 2.75) is 19.4 Å². The number of carbonyl (C=O) groups is 2. The van der Waals surface area contributed by atoms with E-state index in [4.69, 9.17) is 9.47 Å². The molecule has 0 bridgehead atoms. The molecular formula is C19H21NO5. The molecule has 2 rings (SSSR count). The number of hydrogen-bond donors (Lipinski definition) is 2. The fourth-order valence-corrected chi connectivity index (χ4v) is 2.32. The highest BCUT2D eigenvalue weighted by atomic mass is 16.5. The molecule has 2 N–H and O–H groups in total. The molecule has 0 aliphatic carbocycles. The van der Waals surface area contributed by atoms with Crippen molar-refractivity contribution in [3.05, 3.63) is 59.7 Å². The van der Waals surface area contributed by atoms with Crippen LogP contribution in [0, 0.1) is 6.92 Å². The Hall–Kier alpha value is -3.02. The highest BCUT2D eigenvalue weighted by molar-refractivity contribution is 5.84. The van der Waals surface area contributed by atoms with Crippen LogP contribution in [-0.4, -0.2) is 36.7 Å². The van der Waals surface area contributed by atoms with Crippen LogP contribution in [0.3, 0.4) is 0 Å². The van der Waals surface area contributed by atoms with E-state index in [1.54, 1.807) is 12.1 Å². The lowest BCUT2D eigenvalue weighted by Gasteiger charge is -2.16. The number of aryl methyl sites for hydroxylation is 1. The van der Waals surface area contributed by atoms with Crippen LogP contribution < -0.4 is 14.8 Å². The van der Waals surface area contributed by atoms with Gasteiger partial charge in [-0.3, -0.25) is 4.79 Å². The van der Waals surface area contributed by atoms with Crippen LogP contribution in [0.2, 0.25) is 0 Å². The first-order valence-electron chi connectivity index (χ1n) is 7.83. The Kier molecular flexibility index (Phi) is 6.39. The number of benzene rings is 2. The minimum Gasteiger partial charge on any atom is -0.493 e. The van der Waals surface area contributed by atoms with Gasteiger partial charge >= 0.3 is 5.97 Å². The molecule has 0 fully saturated rings. The molecule has 0 unspecified atom stereocenters. The number of methoxy groups -OCH3 is 1. The molecule has 0 heterocycles. The molecule has 25 heavy (non-hydrogen) atoms. The van der Waals surface area contributed by atoms with E-state index >= 15 is 0 Å². The van der Waals surface area contributed by atoms with E-state index in [9.17, 15) is 14.7 Å². The predicted octanol–water partition coefficient (Wildman–Crippen LogP) is 2.19. The fraction of sp³-hybridized carbons (Fsp3) is 0.263. The van der Waals surface area contributed by atoms with Gasteiger partial charge in [0.1, 0.15) is 6.04 Å². The largest absolute Gasteiger partial charge is 0.493 e. The van der Waals surface area contributed by atoms with Gasteiger partial charge in [0, 0.05) is 6.42 Å². The molecule has 0 spiro atoms. The number of hydrogen-bond acceptors (Lipinski definition) is 4. The molecule has 1 atom stereocenters. The molecule has 2 aromatic rings. The van der Waals surface area contributed by atoms with E-state index in [0.717, 1.165) is 11.1 Å². The van der Waals surface area contributed by atoms with Crippen molar-refractivity contribution >= 4 is 11.9 Å². The average Bonchev–Trinajstić information content (AvgIpc) is 2.60. The van der Waals surface area contributed by atoms with Crippen molar-refractivity contribution in [2.75, 3.05) is 13.7 Å². The molecule has 0 saturated carbocycles. The summed E-state index contributed by atoms with van der Waals surface area (Å²) >= 11 is 0. The smallest absolute Gasteiger partial charge is 0.326 e. The van der Waals surface area contributed by atoms with E-state index in [2.05, 4.69) is 5.32 Å². The Morgan fingerprint density at radius 3 is 2.48 bits per heavy atom. The molecule has 0 aliphatic rings. The molecule has 0 saturated heterocycles. The maximum absolute atomic E-state index is 12.0. The zero-order valence-electron chi connectivity index (χ0n) is 14.2. The van der Waals surface area contributed by atoms with Crippen molar-refractivity contribution in [1.82, 2.24) is 5.32 Å². The third kappa shape index (κ3) is 5.53. The van der Waals surface area contributed by atoms with Crippen LogP contribution in [0.25, 0.3) is 0 Å². The zero-order valence-corrected chi connectivity index (χ0v) is 14.2. The highest BCUT2D eigenvalue weighted by Gasteiger charge is 2.20. The van der Waals surface area contributed by atoms with Crippen LogP contribution in [0.4, 0.5) is 0 Å². The topological polar surface area (TPSA) is 84.9 Å². The van der Waals surface area contributed by atoms with E-state index in [-0.39, 0.29) is 13.0 Å². The zero-order chi connectivity index (χ0) is 18.2. The standard InChI is InChI=1S/C19H21NO5/c1-13-8-9-16(17(10-13)24-2)25-12-18(21)20-15(19(22)23)11-14-6-4-3-5-7-14/h3-10,15H,11-12H2,1-2H3,(H,20,21)(H,22,23)/t15-/m1/s1. The number of carbonyl (C=O) groups excluding carboxylic acids is 1. The summed E-state index contributed by atoms with van der Waals surface area (Å²) in [4.78, 5) is 23.4. The maximum Gasteiger partial charge on any atom is 0.326 e. The fourth-order valence-electron chi connectivity index (χ4n) is 2.32. The average molecular weight is 343 g/mol. The molecule has 0 aromatic heterocycles. The number of ether oxygens (including phenoxy) is 2. The highest BCUT2D eigenvalue weighted by Crippen LogP contribution is 2.27. The summed E-state index contributed by atoms with van der Waals surface area (Å²) in [5.74, 6) is -0.652. The SMILES string of the molecule is COc1cc(C)ccc1OCC(=O)N[C@H](Cc1ccccc1)C(=O)O. The second-order valence-corrected chi connectivity index (χ2v) is 5.59. The Bertz CT molecular complexity index is 730. The molecule has 0 aliphatic heterocycles. The monoisotopic (exact) mass is 343 g/mol. The van der Waals surface area contributed by atoms with Gasteiger partial charge in [-0.05, 0) is 30.2 Å². The first kappa shape index (κ1) is 18.3. The summed E-state index contributed by atoms with van der Waals surface area (Å²) in [5, 5.41) is 11.8. The van der Waals surface area contributed by atoms with Gasteiger partial charge in [-0.15, -0.1) is 0 Å². The lowest BCUT2D eigenvalue weighted by Crippen LogP contribution is -2.44. The first-order chi connectivity index (χ1) is 12.0. The van der Waals surface area contributed by atoms with Crippen LogP contribution in [0.15, 0.2) is 48.5 Å². The molecule has 1 amide bonds. The molecule has 6 heteroatoms. The lowest BCUT2D eigenvalue weighted by atomic mass is 10.1. The van der Waals surface area contributed by atoms with E-state index in [1.807, 2.05) is 43.3 Å². The van der Waals surface area contributed by atoms with Crippen LogP contribution in [0.1, 0.15) is 11.1 Å². The summed E-state index contributed by atoms with van der Waals surface area (Å²) in [5.41, 5.74) is 1.83. The summed E-state index contributed by atoms with van der Waals surface area (Å²) < 4.78 is 10.7. The van der Waals surface area contributed by atoms with Gasteiger partial charge in [-0.2, -0.15) is 0 Å². The number of carboxylic acids is 1. The van der Waals surface area contributed by atoms with Gasteiger partial charge in [-0.25, -0.2) is 4.79 Å². The number of rotatable bonds is 8. The third-order valence-electron chi connectivity index (χ3n) is 3.59. The van der Waals surface area contributed by atoms with Crippen molar-refractivity contribution < 1.29 is 24.2 Å². The molecule has 132 valence electrons. The summed E-state index contributed by atoms with van der Waals surface area (Å²) in [6.45, 7) is 1.62. The van der Waals surface area contributed by atoms with Crippen molar-refractivity contribution in [3.63, 3.8) is 0 Å². The van der Waals surface area contributed by atoms with Gasteiger partial charge in [-0.1, -0.05) is 36.4 Å². The number of nitrogens with one attached hydrogen (secondary N) is 1. The third-order valence-corrected chi connectivity index (χ3v) is 3.59. The summed E-state index contributed by atoms with van der Waals surface area (Å²) in [6, 6.07) is 13.4. The summed E-state index contributed by atoms with van der Waals surface area (Å²) in [7, 11) is 1.52. The predicted molar refractivity (Wildman–Crippen MR) is 92.9 cm³/mol. The molecule has 0 radical (unpaired) electrons. The quantitative estimate of drug-likeness (QED) is 0.767. The van der Waals surface area contributed by atoms with Crippen molar-refractivity contribution in [3.8, 4) is 11.5 Å². The minimum absolute atomic E-state index is 0.204. The number of aliphatic carboxylic acids is 1. The van der Waals surface area contributed by atoms with Gasteiger partial charge in [0.15, 0.2) is 18.1 Å². The van der Waals surface area contributed by atoms with Gasteiger partial charge in [0.2, 0.25) is 0 Å². The Morgan fingerprint density at radius 2 is 1.84 bits per heavy atom. The molecular weight excluding hydrogens is 322 g/mol. The van der Waals surface area contributed by atoms with Gasteiger partial charge in [0.25, 0.3) is 5.91 Å². The Morgan fingerprint density at radius 1 is 1.12 bits per heavy atom. The van der Waals surface area contributed by atoms with Crippen molar-refractivity contribution in [2.24, 2.45) is 0 Å². The Labute approximate surface area is 146 Å². The van der Waals surface area contributed by atoms with E-state index < -0.39 is 17.9 Å². The summed E-state index contributed by atoms with van der Waals surface area (Å²) in [6.07, 6.45) is 0.204. The van der Waals surface area contributed by atoms with Gasteiger partial charge in [0.05, 0.1) is 7.11 Å². The minimum atomic E-state index is -1.09. The lowest BCUT2D eigenvalue weighted by molar-refractivity contribution is -0.142. The molecule has 6 nitrogen and oxygen atoms in total. The number of carboxylic acid groups (broad SMARTS) is 1. The first-order valence-corrected chi connectivity index (χ1v) is 7.83. The normalized spacial score (nSPS) is 11.4. The maximum atomic E-state index is 12.0. The van der Waals surface area contributed by atoms with Crippen LogP contribution in [-0.2, 0) is 16.0 Å².